The summed E-state index contributed by atoms with van der Waals surface area (Å²) in [5, 5.41) is 11.0. The summed E-state index contributed by atoms with van der Waals surface area (Å²) in [4.78, 5) is 0.216. The highest BCUT2D eigenvalue weighted by atomic mass is 32.2. The van der Waals surface area contributed by atoms with Gasteiger partial charge in [-0.15, -0.1) is 0 Å². The number of para-hydroxylation sites is 1. The van der Waals surface area contributed by atoms with Crippen molar-refractivity contribution in [3.63, 3.8) is 0 Å². The van der Waals surface area contributed by atoms with Crippen LogP contribution in [0.15, 0.2) is 71.6 Å². The lowest BCUT2D eigenvalue weighted by atomic mass is 9.97. The van der Waals surface area contributed by atoms with Gasteiger partial charge in [0.15, 0.2) is 0 Å². The Hall–Kier alpha value is -2.83. The summed E-state index contributed by atoms with van der Waals surface area (Å²) in [6.07, 6.45) is -0.921. The Labute approximate surface area is 164 Å². The molecule has 1 aliphatic rings. The first-order valence-corrected chi connectivity index (χ1v) is 10.4. The standard InChI is InChI=1S/C22H21NO4S/c1-15-7-10-18(11-8-15)28(25,26)23-14-16-13-17(27-2)9-12-19(16)22(24)20-5-3-4-6-21(20)23/h3-13,22,24H,14H2,1-2H3. The minimum atomic E-state index is -3.82. The van der Waals surface area contributed by atoms with Gasteiger partial charge < -0.3 is 9.84 Å². The molecule has 1 aliphatic heterocycles. The van der Waals surface area contributed by atoms with E-state index in [4.69, 9.17) is 4.74 Å². The number of fused-ring (bicyclic) bond motifs is 2. The van der Waals surface area contributed by atoms with Gasteiger partial charge in [0, 0.05) is 5.56 Å². The highest BCUT2D eigenvalue weighted by Gasteiger charge is 2.33. The molecule has 3 aromatic carbocycles. The van der Waals surface area contributed by atoms with Crippen LogP contribution in [0, 0.1) is 6.92 Å². The monoisotopic (exact) mass is 395 g/mol. The van der Waals surface area contributed by atoms with Gasteiger partial charge >= 0.3 is 0 Å². The smallest absolute Gasteiger partial charge is 0.264 e. The van der Waals surface area contributed by atoms with E-state index in [9.17, 15) is 13.5 Å². The van der Waals surface area contributed by atoms with Gasteiger partial charge in [0.2, 0.25) is 0 Å². The van der Waals surface area contributed by atoms with Crippen molar-refractivity contribution in [1.29, 1.82) is 0 Å². The lowest BCUT2D eigenvalue weighted by Crippen LogP contribution is -2.30. The molecule has 1 heterocycles. The van der Waals surface area contributed by atoms with E-state index in [1.54, 1.807) is 73.8 Å². The predicted molar refractivity (Wildman–Crippen MR) is 108 cm³/mol. The normalized spacial score (nSPS) is 16.1. The number of nitrogens with zero attached hydrogens (tertiary/aromatic N) is 1. The second-order valence-electron chi connectivity index (χ2n) is 6.85. The van der Waals surface area contributed by atoms with Crippen LogP contribution in [-0.2, 0) is 16.6 Å². The Bertz CT molecular complexity index is 1120. The molecule has 0 saturated heterocycles. The fourth-order valence-electron chi connectivity index (χ4n) is 3.52. The molecule has 144 valence electrons. The summed E-state index contributed by atoms with van der Waals surface area (Å²) >= 11 is 0. The van der Waals surface area contributed by atoms with Crippen molar-refractivity contribution >= 4 is 15.7 Å². The number of anilines is 1. The van der Waals surface area contributed by atoms with Gasteiger partial charge in [-0.3, -0.25) is 4.31 Å². The van der Waals surface area contributed by atoms with E-state index >= 15 is 0 Å². The molecule has 0 amide bonds. The van der Waals surface area contributed by atoms with Crippen LogP contribution in [0.1, 0.15) is 28.4 Å². The average molecular weight is 395 g/mol. The maximum atomic E-state index is 13.5. The van der Waals surface area contributed by atoms with Crippen LogP contribution < -0.4 is 9.04 Å². The second-order valence-corrected chi connectivity index (χ2v) is 8.71. The first-order valence-electron chi connectivity index (χ1n) is 8.95. The number of benzene rings is 3. The number of methoxy groups -OCH3 is 1. The molecule has 1 unspecified atom stereocenters. The molecule has 0 bridgehead atoms. The van der Waals surface area contributed by atoms with E-state index in [2.05, 4.69) is 0 Å². The summed E-state index contributed by atoms with van der Waals surface area (Å²) in [5.74, 6) is 0.615. The van der Waals surface area contributed by atoms with Gasteiger partial charge in [0.05, 0.1) is 24.2 Å². The Kier molecular flexibility index (Phi) is 4.61. The van der Waals surface area contributed by atoms with E-state index < -0.39 is 16.1 Å². The molecule has 1 N–H and O–H groups in total. The molecule has 1 atom stereocenters. The summed E-state index contributed by atoms with van der Waals surface area (Å²) in [7, 11) is -2.26. The van der Waals surface area contributed by atoms with E-state index in [-0.39, 0.29) is 11.4 Å². The molecule has 0 fully saturated rings. The SMILES string of the molecule is COc1ccc2c(c1)CN(S(=O)(=O)c1ccc(C)cc1)c1ccccc1C2O. The fraction of sp³-hybridized carbons (Fsp3) is 0.182. The average Bonchev–Trinajstić information content (AvgIpc) is 2.83. The predicted octanol–water partition coefficient (Wildman–Crippen LogP) is 3.79. The fourth-order valence-corrected chi connectivity index (χ4v) is 4.99. The second kappa shape index (κ2) is 6.96. The number of aliphatic hydroxyl groups is 1. The summed E-state index contributed by atoms with van der Waals surface area (Å²) < 4.78 is 33.7. The third-order valence-electron chi connectivity index (χ3n) is 5.07. The van der Waals surface area contributed by atoms with Crippen molar-refractivity contribution in [2.45, 2.75) is 24.5 Å². The third-order valence-corrected chi connectivity index (χ3v) is 6.84. The van der Waals surface area contributed by atoms with E-state index in [1.165, 1.54) is 4.31 Å². The summed E-state index contributed by atoms with van der Waals surface area (Å²) in [6.45, 7) is 2.02. The minimum Gasteiger partial charge on any atom is -0.497 e. The van der Waals surface area contributed by atoms with Crippen LogP contribution in [0.4, 0.5) is 5.69 Å². The number of rotatable bonds is 3. The Morgan fingerprint density at radius 1 is 1.00 bits per heavy atom. The third kappa shape index (κ3) is 3.04. The van der Waals surface area contributed by atoms with Crippen molar-refractivity contribution in [3.05, 3.63) is 89.0 Å². The molecule has 6 heteroatoms. The molecule has 5 nitrogen and oxygen atoms in total. The van der Waals surface area contributed by atoms with Crippen molar-refractivity contribution in [2.24, 2.45) is 0 Å². The Morgan fingerprint density at radius 2 is 1.71 bits per heavy atom. The van der Waals surface area contributed by atoms with Gasteiger partial charge in [0.25, 0.3) is 10.0 Å². The Morgan fingerprint density at radius 3 is 2.43 bits per heavy atom. The molecule has 0 saturated carbocycles. The van der Waals surface area contributed by atoms with Crippen LogP contribution in [-0.4, -0.2) is 20.6 Å². The van der Waals surface area contributed by atoms with Crippen molar-refractivity contribution < 1.29 is 18.3 Å². The van der Waals surface area contributed by atoms with E-state index in [1.807, 2.05) is 6.92 Å². The first-order chi connectivity index (χ1) is 13.4. The van der Waals surface area contributed by atoms with Crippen molar-refractivity contribution in [1.82, 2.24) is 0 Å². The summed E-state index contributed by atoms with van der Waals surface area (Å²) in [6, 6.07) is 19.2. The molecule has 0 spiro atoms. The van der Waals surface area contributed by atoms with Crippen LogP contribution in [0.5, 0.6) is 5.75 Å². The quantitative estimate of drug-likeness (QED) is 0.733. The van der Waals surface area contributed by atoms with Crippen LogP contribution in [0.3, 0.4) is 0 Å². The van der Waals surface area contributed by atoms with Crippen LogP contribution in [0.25, 0.3) is 0 Å². The van der Waals surface area contributed by atoms with E-state index in [0.717, 1.165) is 5.56 Å². The number of aliphatic hydroxyl groups excluding tert-OH is 1. The topological polar surface area (TPSA) is 66.8 Å². The number of hydrogen-bond acceptors (Lipinski definition) is 4. The van der Waals surface area contributed by atoms with Gasteiger partial charge in [-0.1, -0.05) is 42.0 Å². The molecule has 0 aliphatic carbocycles. The molecule has 0 radical (unpaired) electrons. The van der Waals surface area contributed by atoms with Crippen molar-refractivity contribution in [2.75, 3.05) is 11.4 Å². The van der Waals surface area contributed by atoms with Gasteiger partial charge in [-0.2, -0.15) is 0 Å². The molecular weight excluding hydrogens is 374 g/mol. The highest BCUT2D eigenvalue weighted by Crippen LogP contribution is 2.40. The number of ether oxygens (including phenoxy) is 1. The number of hydrogen-bond donors (Lipinski definition) is 1. The minimum absolute atomic E-state index is 0.108. The van der Waals surface area contributed by atoms with Crippen LogP contribution >= 0.6 is 0 Å². The maximum absolute atomic E-state index is 13.5. The number of sulfonamides is 1. The maximum Gasteiger partial charge on any atom is 0.264 e. The summed E-state index contributed by atoms with van der Waals surface area (Å²) in [5.41, 5.74) is 3.40. The first kappa shape index (κ1) is 18.5. The zero-order valence-electron chi connectivity index (χ0n) is 15.7. The van der Waals surface area contributed by atoms with Gasteiger partial charge in [-0.05, 0) is 48.4 Å². The molecular formula is C22H21NO4S. The van der Waals surface area contributed by atoms with E-state index in [0.29, 0.717) is 28.1 Å². The van der Waals surface area contributed by atoms with Gasteiger partial charge in [-0.25, -0.2) is 8.42 Å². The number of aryl methyl sites for hydroxylation is 1. The zero-order valence-corrected chi connectivity index (χ0v) is 16.5. The molecule has 4 rings (SSSR count). The highest BCUT2D eigenvalue weighted by molar-refractivity contribution is 7.92. The lowest BCUT2D eigenvalue weighted by Gasteiger charge is -2.25. The largest absolute Gasteiger partial charge is 0.497 e. The van der Waals surface area contributed by atoms with Gasteiger partial charge in [0.1, 0.15) is 11.9 Å². The Balaban J connectivity index is 1.93. The molecule has 3 aromatic rings. The lowest BCUT2D eigenvalue weighted by molar-refractivity contribution is 0.220. The molecule has 0 aromatic heterocycles. The molecule has 28 heavy (non-hydrogen) atoms. The zero-order chi connectivity index (χ0) is 19.9. The van der Waals surface area contributed by atoms with Crippen molar-refractivity contribution in [3.8, 4) is 5.75 Å². The van der Waals surface area contributed by atoms with Crippen LogP contribution in [0.2, 0.25) is 0 Å².